The van der Waals surface area contributed by atoms with Crippen molar-refractivity contribution >= 4 is 12.7 Å². The maximum Gasteiger partial charge on any atom is 0.514 e. The fraction of sp³-hybridized carbons (Fsp3) is 0.812. The SMILES string of the molecule is Cn1c(B2OC(C)(C)C(C)(C)O2)cnc1OC1CCCCC1. The van der Waals surface area contributed by atoms with Gasteiger partial charge in [0.15, 0.2) is 0 Å². The van der Waals surface area contributed by atoms with Gasteiger partial charge in [-0.25, -0.2) is 4.98 Å². The highest BCUT2D eigenvalue weighted by molar-refractivity contribution is 6.61. The molecule has 1 saturated carbocycles. The van der Waals surface area contributed by atoms with Gasteiger partial charge in [0.1, 0.15) is 6.10 Å². The highest BCUT2D eigenvalue weighted by Gasteiger charge is 2.52. The van der Waals surface area contributed by atoms with E-state index >= 15 is 0 Å². The lowest BCUT2D eigenvalue weighted by atomic mass is 9.85. The minimum absolute atomic E-state index is 0.293. The van der Waals surface area contributed by atoms with Crippen LogP contribution in [0.15, 0.2) is 6.20 Å². The van der Waals surface area contributed by atoms with E-state index in [1.165, 1.54) is 19.3 Å². The molecule has 0 unspecified atom stereocenters. The molecule has 0 amide bonds. The Morgan fingerprint density at radius 1 is 1.14 bits per heavy atom. The van der Waals surface area contributed by atoms with Crippen molar-refractivity contribution < 1.29 is 14.0 Å². The van der Waals surface area contributed by atoms with Crippen LogP contribution in [0.1, 0.15) is 59.8 Å². The average Bonchev–Trinajstić information content (AvgIpc) is 2.89. The summed E-state index contributed by atoms with van der Waals surface area (Å²) in [5.74, 6) is 0. The van der Waals surface area contributed by atoms with Gasteiger partial charge in [-0.05, 0) is 53.4 Å². The highest BCUT2D eigenvalue weighted by Crippen LogP contribution is 2.36. The Balaban J connectivity index is 1.74. The van der Waals surface area contributed by atoms with E-state index in [4.69, 9.17) is 14.0 Å². The predicted molar refractivity (Wildman–Crippen MR) is 86.4 cm³/mol. The number of aromatic nitrogens is 2. The topological polar surface area (TPSA) is 45.5 Å². The van der Waals surface area contributed by atoms with E-state index in [2.05, 4.69) is 32.7 Å². The number of ether oxygens (including phenoxy) is 1. The van der Waals surface area contributed by atoms with Crippen LogP contribution in [0.2, 0.25) is 0 Å². The van der Waals surface area contributed by atoms with Crippen LogP contribution in [0, 0.1) is 0 Å². The summed E-state index contributed by atoms with van der Waals surface area (Å²) < 4.78 is 20.2. The van der Waals surface area contributed by atoms with Gasteiger partial charge in [-0.2, -0.15) is 0 Å². The largest absolute Gasteiger partial charge is 0.514 e. The first kappa shape index (κ1) is 15.9. The van der Waals surface area contributed by atoms with Gasteiger partial charge in [-0.1, -0.05) is 6.42 Å². The van der Waals surface area contributed by atoms with Gasteiger partial charge in [0.2, 0.25) is 0 Å². The maximum absolute atomic E-state index is 6.10. The molecule has 5 nitrogen and oxygen atoms in total. The third kappa shape index (κ3) is 2.79. The smallest absolute Gasteiger partial charge is 0.461 e. The molecule has 0 bridgehead atoms. The number of nitrogens with zero attached hydrogens (tertiary/aromatic N) is 2. The van der Waals surface area contributed by atoms with E-state index in [-0.39, 0.29) is 11.2 Å². The van der Waals surface area contributed by atoms with Crippen LogP contribution in [-0.2, 0) is 16.4 Å². The normalized spacial score (nSPS) is 24.7. The predicted octanol–water partition coefficient (Wildman–Crippen LogP) is 2.43. The number of hydrogen-bond donors (Lipinski definition) is 0. The van der Waals surface area contributed by atoms with E-state index in [0.717, 1.165) is 18.4 Å². The molecular weight excluding hydrogens is 279 g/mol. The fourth-order valence-corrected chi connectivity index (χ4v) is 3.03. The molecule has 1 aromatic heterocycles. The van der Waals surface area contributed by atoms with E-state index in [1.807, 2.05) is 11.6 Å². The number of imidazole rings is 1. The molecule has 2 fully saturated rings. The van der Waals surface area contributed by atoms with Gasteiger partial charge < -0.3 is 18.6 Å². The first-order valence-corrected chi connectivity index (χ1v) is 8.34. The monoisotopic (exact) mass is 306 g/mol. The second-order valence-electron chi connectivity index (χ2n) is 7.49. The second kappa shape index (κ2) is 5.57. The summed E-state index contributed by atoms with van der Waals surface area (Å²) in [4.78, 5) is 4.43. The third-order valence-electron chi connectivity index (χ3n) is 5.30. The molecule has 1 aliphatic heterocycles. The first-order chi connectivity index (χ1) is 10.3. The lowest BCUT2D eigenvalue weighted by Gasteiger charge is -2.32. The molecule has 122 valence electrons. The number of rotatable bonds is 3. The van der Waals surface area contributed by atoms with Crippen LogP contribution in [0.4, 0.5) is 0 Å². The molecule has 2 heterocycles. The molecular formula is C16H27BN2O3. The van der Waals surface area contributed by atoms with E-state index in [9.17, 15) is 0 Å². The second-order valence-corrected chi connectivity index (χ2v) is 7.49. The Morgan fingerprint density at radius 3 is 2.32 bits per heavy atom. The van der Waals surface area contributed by atoms with E-state index in [0.29, 0.717) is 12.1 Å². The van der Waals surface area contributed by atoms with Crippen molar-refractivity contribution in [2.24, 2.45) is 7.05 Å². The van der Waals surface area contributed by atoms with Gasteiger partial charge in [-0.15, -0.1) is 0 Å². The van der Waals surface area contributed by atoms with E-state index < -0.39 is 7.12 Å². The zero-order chi connectivity index (χ0) is 16.0. The van der Waals surface area contributed by atoms with Gasteiger partial charge in [0.05, 0.1) is 16.8 Å². The molecule has 22 heavy (non-hydrogen) atoms. The van der Waals surface area contributed by atoms with Crippen LogP contribution in [-0.4, -0.2) is 34.0 Å². The maximum atomic E-state index is 6.10. The summed E-state index contributed by atoms with van der Waals surface area (Å²) in [6.45, 7) is 8.23. The van der Waals surface area contributed by atoms with Crippen molar-refractivity contribution in [1.82, 2.24) is 9.55 Å². The first-order valence-electron chi connectivity index (χ1n) is 8.34. The fourth-order valence-electron chi connectivity index (χ4n) is 3.03. The summed E-state index contributed by atoms with van der Waals surface area (Å²) >= 11 is 0. The van der Waals surface area contributed by atoms with Crippen molar-refractivity contribution in [2.75, 3.05) is 0 Å². The molecule has 3 rings (SSSR count). The quantitative estimate of drug-likeness (QED) is 0.805. The lowest BCUT2D eigenvalue weighted by molar-refractivity contribution is 0.00578. The third-order valence-corrected chi connectivity index (χ3v) is 5.30. The van der Waals surface area contributed by atoms with Crippen molar-refractivity contribution in [3.63, 3.8) is 0 Å². The summed E-state index contributed by atoms with van der Waals surface area (Å²) in [7, 11) is 1.57. The molecule has 0 N–H and O–H groups in total. The summed E-state index contributed by atoms with van der Waals surface area (Å²) in [5.41, 5.74) is 0.225. The van der Waals surface area contributed by atoms with Gasteiger partial charge in [0.25, 0.3) is 6.01 Å². The van der Waals surface area contributed by atoms with Gasteiger partial charge >= 0.3 is 7.12 Å². The minimum Gasteiger partial charge on any atom is -0.461 e. The molecule has 0 spiro atoms. The summed E-state index contributed by atoms with van der Waals surface area (Å²) in [6.07, 6.45) is 8.16. The van der Waals surface area contributed by atoms with Crippen molar-refractivity contribution in [1.29, 1.82) is 0 Å². The molecule has 0 atom stereocenters. The van der Waals surface area contributed by atoms with Crippen LogP contribution >= 0.6 is 0 Å². The van der Waals surface area contributed by atoms with Crippen LogP contribution in [0.5, 0.6) is 6.01 Å². The Bertz CT molecular complexity index is 519. The summed E-state index contributed by atoms with van der Waals surface area (Å²) in [6, 6.07) is 0.664. The molecule has 1 aliphatic carbocycles. The van der Waals surface area contributed by atoms with Crippen molar-refractivity contribution in [2.45, 2.75) is 77.1 Å². The Hall–Kier alpha value is -1.01. The standard InChI is InChI=1S/C16H27BN2O3/c1-15(2)16(3,4)22-17(21-15)13-11-18-14(19(13)5)20-12-9-7-6-8-10-12/h11-12H,6-10H2,1-5H3. The van der Waals surface area contributed by atoms with Crippen molar-refractivity contribution in [3.05, 3.63) is 6.20 Å². The number of hydrogen-bond acceptors (Lipinski definition) is 4. The van der Waals surface area contributed by atoms with Crippen LogP contribution in [0.25, 0.3) is 0 Å². The van der Waals surface area contributed by atoms with Gasteiger partial charge in [0, 0.05) is 13.2 Å². The molecule has 0 aromatic carbocycles. The van der Waals surface area contributed by atoms with Gasteiger partial charge in [-0.3, -0.25) is 0 Å². The van der Waals surface area contributed by atoms with Crippen LogP contribution in [0.3, 0.4) is 0 Å². The lowest BCUT2D eigenvalue weighted by Crippen LogP contribution is -2.41. The molecule has 1 aromatic rings. The minimum atomic E-state index is -0.397. The van der Waals surface area contributed by atoms with E-state index in [1.54, 1.807) is 6.20 Å². The molecule has 1 saturated heterocycles. The Kier molecular flexibility index (Phi) is 4.02. The Morgan fingerprint density at radius 2 is 1.73 bits per heavy atom. The molecule has 6 heteroatoms. The molecule has 2 aliphatic rings. The zero-order valence-corrected chi connectivity index (χ0v) is 14.4. The van der Waals surface area contributed by atoms with Crippen molar-refractivity contribution in [3.8, 4) is 6.01 Å². The Labute approximate surface area is 133 Å². The summed E-state index contributed by atoms with van der Waals surface area (Å²) in [5, 5.41) is 0. The average molecular weight is 306 g/mol. The van der Waals surface area contributed by atoms with Crippen LogP contribution < -0.4 is 10.3 Å². The highest BCUT2D eigenvalue weighted by atomic mass is 16.7. The zero-order valence-electron chi connectivity index (χ0n) is 14.4. The molecule has 0 radical (unpaired) electrons.